The van der Waals surface area contributed by atoms with Gasteiger partial charge in [-0.2, -0.15) is 11.8 Å². The van der Waals surface area contributed by atoms with Crippen molar-refractivity contribution >= 4 is 17.7 Å². The second kappa shape index (κ2) is 5.21. The summed E-state index contributed by atoms with van der Waals surface area (Å²) >= 11 is 1.98. The Hall–Kier alpha value is -0.220. The van der Waals surface area contributed by atoms with Gasteiger partial charge in [0.05, 0.1) is 0 Å². The molecule has 0 aromatic carbocycles. The van der Waals surface area contributed by atoms with E-state index in [1.54, 1.807) is 0 Å². The average molecular weight is 228 g/mol. The van der Waals surface area contributed by atoms with Crippen LogP contribution in [0.15, 0.2) is 0 Å². The summed E-state index contributed by atoms with van der Waals surface area (Å²) in [6, 6.07) is 0.459. The first-order valence-electron chi connectivity index (χ1n) is 5.87. The minimum Gasteiger partial charge on any atom is -0.340 e. The SMILES string of the molecule is C[C@H]1CN(C(=O)C2CCSCC2)CCN1. The van der Waals surface area contributed by atoms with Crippen LogP contribution < -0.4 is 5.32 Å². The topological polar surface area (TPSA) is 32.3 Å². The summed E-state index contributed by atoms with van der Waals surface area (Å²) in [5.41, 5.74) is 0. The summed E-state index contributed by atoms with van der Waals surface area (Å²) in [5.74, 6) is 3.05. The quantitative estimate of drug-likeness (QED) is 0.725. The minimum absolute atomic E-state index is 0.316. The second-order valence-corrected chi connectivity index (χ2v) is 5.75. The maximum Gasteiger partial charge on any atom is 0.225 e. The Bertz CT molecular complexity index is 229. The van der Waals surface area contributed by atoms with Crippen LogP contribution in [0.3, 0.4) is 0 Å². The molecular weight excluding hydrogens is 208 g/mol. The minimum atomic E-state index is 0.316. The van der Waals surface area contributed by atoms with Gasteiger partial charge >= 0.3 is 0 Å². The van der Waals surface area contributed by atoms with E-state index < -0.39 is 0 Å². The lowest BCUT2D eigenvalue weighted by Crippen LogP contribution is -2.53. The van der Waals surface area contributed by atoms with Crippen LogP contribution in [0.1, 0.15) is 19.8 Å². The van der Waals surface area contributed by atoms with Gasteiger partial charge in [-0.15, -0.1) is 0 Å². The number of nitrogens with one attached hydrogen (secondary N) is 1. The normalized spacial score (nSPS) is 29.1. The van der Waals surface area contributed by atoms with Gasteiger partial charge in [0.15, 0.2) is 0 Å². The molecule has 3 nitrogen and oxygen atoms in total. The number of carbonyl (C=O) groups is 1. The molecule has 0 saturated carbocycles. The molecule has 2 aliphatic rings. The summed E-state index contributed by atoms with van der Waals surface area (Å²) in [4.78, 5) is 14.2. The lowest BCUT2D eigenvalue weighted by atomic mass is 10.0. The zero-order valence-electron chi connectivity index (χ0n) is 9.37. The van der Waals surface area contributed by atoms with Crippen molar-refractivity contribution in [2.75, 3.05) is 31.1 Å². The Kier molecular flexibility index (Phi) is 3.92. The van der Waals surface area contributed by atoms with E-state index in [9.17, 15) is 4.79 Å². The van der Waals surface area contributed by atoms with E-state index >= 15 is 0 Å². The highest BCUT2D eigenvalue weighted by atomic mass is 32.2. The summed E-state index contributed by atoms with van der Waals surface area (Å²) < 4.78 is 0. The Morgan fingerprint density at radius 3 is 2.80 bits per heavy atom. The highest BCUT2D eigenvalue weighted by molar-refractivity contribution is 7.99. The molecule has 0 aliphatic carbocycles. The first-order valence-corrected chi connectivity index (χ1v) is 7.03. The van der Waals surface area contributed by atoms with Crippen LogP contribution in [-0.2, 0) is 4.79 Å². The van der Waals surface area contributed by atoms with Gasteiger partial charge in [0.25, 0.3) is 0 Å². The Morgan fingerprint density at radius 1 is 1.40 bits per heavy atom. The van der Waals surface area contributed by atoms with Crippen LogP contribution in [0.4, 0.5) is 0 Å². The van der Waals surface area contributed by atoms with Gasteiger partial charge in [0.1, 0.15) is 0 Å². The van der Waals surface area contributed by atoms with Crippen molar-refractivity contribution in [1.29, 1.82) is 0 Å². The average Bonchev–Trinajstić information content (AvgIpc) is 2.29. The molecule has 0 unspecified atom stereocenters. The van der Waals surface area contributed by atoms with E-state index in [4.69, 9.17) is 0 Å². The van der Waals surface area contributed by atoms with Gasteiger partial charge in [-0.25, -0.2) is 0 Å². The molecule has 0 radical (unpaired) electrons. The van der Waals surface area contributed by atoms with Gasteiger partial charge in [-0.1, -0.05) is 0 Å². The molecule has 2 rings (SSSR count). The van der Waals surface area contributed by atoms with E-state index in [-0.39, 0.29) is 0 Å². The smallest absolute Gasteiger partial charge is 0.225 e. The highest BCUT2D eigenvalue weighted by Gasteiger charge is 2.28. The third-order valence-corrected chi connectivity index (χ3v) is 4.30. The predicted octanol–water partition coefficient (Wildman–Crippen LogP) is 0.950. The maximum absolute atomic E-state index is 12.2. The number of hydrogen-bond acceptors (Lipinski definition) is 3. The number of carbonyl (C=O) groups excluding carboxylic acids is 1. The summed E-state index contributed by atoms with van der Waals surface area (Å²) in [7, 11) is 0. The molecule has 2 saturated heterocycles. The number of nitrogens with zero attached hydrogens (tertiary/aromatic N) is 1. The molecule has 1 N–H and O–H groups in total. The van der Waals surface area contributed by atoms with E-state index in [1.807, 2.05) is 11.8 Å². The molecule has 2 fully saturated rings. The molecule has 2 heterocycles. The van der Waals surface area contributed by atoms with Crippen molar-refractivity contribution in [3.63, 3.8) is 0 Å². The molecule has 0 aromatic heterocycles. The van der Waals surface area contributed by atoms with Crippen LogP contribution in [0.25, 0.3) is 0 Å². The molecule has 0 bridgehead atoms. The molecule has 0 spiro atoms. The first kappa shape index (κ1) is 11.3. The molecule has 86 valence electrons. The Morgan fingerprint density at radius 2 is 2.13 bits per heavy atom. The zero-order valence-corrected chi connectivity index (χ0v) is 10.2. The van der Waals surface area contributed by atoms with Crippen LogP contribution in [0, 0.1) is 5.92 Å². The second-order valence-electron chi connectivity index (χ2n) is 4.53. The highest BCUT2D eigenvalue weighted by Crippen LogP contribution is 2.24. The molecule has 4 heteroatoms. The third kappa shape index (κ3) is 2.88. The lowest BCUT2D eigenvalue weighted by molar-refractivity contribution is -0.136. The molecule has 1 amide bonds. The molecule has 2 aliphatic heterocycles. The van der Waals surface area contributed by atoms with Crippen molar-refractivity contribution in [1.82, 2.24) is 10.2 Å². The molecule has 1 atom stereocenters. The van der Waals surface area contributed by atoms with Crippen molar-refractivity contribution in [3.8, 4) is 0 Å². The first-order chi connectivity index (χ1) is 7.27. The largest absolute Gasteiger partial charge is 0.340 e. The van der Waals surface area contributed by atoms with Gasteiger partial charge in [0, 0.05) is 31.6 Å². The fourth-order valence-corrected chi connectivity index (χ4v) is 3.44. The zero-order chi connectivity index (χ0) is 10.7. The number of thioether (sulfide) groups is 1. The number of rotatable bonds is 1. The summed E-state index contributed by atoms with van der Waals surface area (Å²) in [6.45, 7) is 4.89. The van der Waals surface area contributed by atoms with Crippen molar-refractivity contribution in [3.05, 3.63) is 0 Å². The molecular formula is C11H20N2OS. The summed E-state index contributed by atoms with van der Waals surface area (Å²) in [5, 5.41) is 3.37. The number of piperazine rings is 1. The van der Waals surface area contributed by atoms with Gasteiger partial charge < -0.3 is 10.2 Å². The van der Waals surface area contributed by atoms with Crippen LogP contribution in [0.2, 0.25) is 0 Å². The van der Waals surface area contributed by atoms with Gasteiger partial charge in [-0.3, -0.25) is 4.79 Å². The van der Waals surface area contributed by atoms with Crippen LogP contribution in [0.5, 0.6) is 0 Å². The van der Waals surface area contributed by atoms with E-state index in [2.05, 4.69) is 17.1 Å². The Balaban J connectivity index is 1.88. The van der Waals surface area contributed by atoms with E-state index in [0.717, 1.165) is 44.0 Å². The van der Waals surface area contributed by atoms with Crippen molar-refractivity contribution in [2.24, 2.45) is 5.92 Å². The lowest BCUT2D eigenvalue weighted by Gasteiger charge is -2.35. The Labute approximate surface area is 96.0 Å². The third-order valence-electron chi connectivity index (χ3n) is 3.25. The van der Waals surface area contributed by atoms with Crippen LogP contribution in [-0.4, -0.2) is 48.0 Å². The van der Waals surface area contributed by atoms with Crippen LogP contribution >= 0.6 is 11.8 Å². The fraction of sp³-hybridized carbons (Fsp3) is 0.909. The monoisotopic (exact) mass is 228 g/mol. The van der Waals surface area contributed by atoms with Gasteiger partial charge in [0.2, 0.25) is 5.91 Å². The standard InChI is InChI=1S/C11H20N2OS/c1-9-8-13(5-4-12-9)11(14)10-2-6-15-7-3-10/h9-10,12H,2-8H2,1H3/t9-/m0/s1. The van der Waals surface area contributed by atoms with E-state index in [1.165, 1.54) is 0 Å². The molecule has 15 heavy (non-hydrogen) atoms. The predicted molar refractivity (Wildman–Crippen MR) is 64.1 cm³/mol. The number of amides is 1. The summed E-state index contributed by atoms with van der Waals surface area (Å²) in [6.07, 6.45) is 2.17. The van der Waals surface area contributed by atoms with Gasteiger partial charge in [-0.05, 0) is 31.3 Å². The van der Waals surface area contributed by atoms with Crippen molar-refractivity contribution in [2.45, 2.75) is 25.8 Å². The number of hydrogen-bond donors (Lipinski definition) is 1. The molecule has 0 aromatic rings. The fourth-order valence-electron chi connectivity index (χ4n) is 2.34. The van der Waals surface area contributed by atoms with Crippen molar-refractivity contribution < 1.29 is 4.79 Å². The maximum atomic E-state index is 12.2. The van der Waals surface area contributed by atoms with E-state index in [0.29, 0.717) is 17.9 Å².